The fraction of sp³-hybridized carbons (Fsp3) is 0.222. The Hall–Kier alpha value is -3.13. The minimum absolute atomic E-state index is 0.0284. The number of carbonyl (C=O) groups is 2. The normalized spacial score (nSPS) is 11.4. The summed E-state index contributed by atoms with van der Waals surface area (Å²) in [4.78, 5) is 35.0. The number of nitrogens with zero attached hydrogens (tertiary/aromatic N) is 1. The second-order valence-electron chi connectivity index (χ2n) is 5.69. The summed E-state index contributed by atoms with van der Waals surface area (Å²) in [7, 11) is 1.53. The van der Waals surface area contributed by atoms with Gasteiger partial charge in [0.05, 0.1) is 10.5 Å². The molecule has 0 aliphatic carbocycles. The van der Waals surface area contributed by atoms with Crippen LogP contribution in [0.15, 0.2) is 36.4 Å². The van der Waals surface area contributed by atoms with E-state index in [4.69, 9.17) is 16.3 Å². The van der Waals surface area contributed by atoms with Gasteiger partial charge in [0.25, 0.3) is 11.6 Å². The van der Waals surface area contributed by atoms with Gasteiger partial charge < -0.3 is 15.4 Å². The molecule has 0 saturated carbocycles. The van der Waals surface area contributed by atoms with Gasteiger partial charge in [0.15, 0.2) is 6.10 Å². The maximum atomic E-state index is 12.3. The second-order valence-corrected chi connectivity index (χ2v) is 6.10. The Morgan fingerprint density at radius 3 is 2.56 bits per heavy atom. The highest BCUT2D eigenvalue weighted by Crippen LogP contribution is 2.26. The quantitative estimate of drug-likeness (QED) is 0.440. The van der Waals surface area contributed by atoms with Crippen molar-refractivity contribution < 1.29 is 19.2 Å². The molecule has 0 bridgehead atoms. The first kappa shape index (κ1) is 20.2. The summed E-state index contributed by atoms with van der Waals surface area (Å²) >= 11 is 6.01. The number of esters is 1. The van der Waals surface area contributed by atoms with Crippen LogP contribution in [0.4, 0.5) is 17.1 Å². The molecule has 0 spiro atoms. The van der Waals surface area contributed by atoms with Crippen LogP contribution >= 0.6 is 11.6 Å². The van der Waals surface area contributed by atoms with Gasteiger partial charge in [0, 0.05) is 23.8 Å². The van der Waals surface area contributed by atoms with Gasteiger partial charge in [0.1, 0.15) is 5.69 Å². The highest BCUT2D eigenvalue weighted by molar-refractivity contribution is 6.31. The first-order chi connectivity index (χ1) is 12.7. The summed E-state index contributed by atoms with van der Waals surface area (Å²) in [5.41, 5.74) is 1.16. The highest BCUT2D eigenvalue weighted by atomic mass is 35.5. The largest absolute Gasteiger partial charge is 0.449 e. The molecule has 142 valence electrons. The van der Waals surface area contributed by atoms with Crippen LogP contribution in [-0.4, -0.2) is 30.0 Å². The van der Waals surface area contributed by atoms with Crippen molar-refractivity contribution in [2.75, 3.05) is 17.7 Å². The fourth-order valence-electron chi connectivity index (χ4n) is 2.28. The third kappa shape index (κ3) is 4.73. The first-order valence-electron chi connectivity index (χ1n) is 7.97. The van der Waals surface area contributed by atoms with Gasteiger partial charge in [-0.15, -0.1) is 0 Å². The van der Waals surface area contributed by atoms with Crippen LogP contribution in [0.25, 0.3) is 0 Å². The van der Waals surface area contributed by atoms with Crippen LogP contribution < -0.4 is 10.6 Å². The molecular weight excluding hydrogens is 374 g/mol. The van der Waals surface area contributed by atoms with E-state index < -0.39 is 22.9 Å². The van der Waals surface area contributed by atoms with Gasteiger partial charge in [-0.3, -0.25) is 14.9 Å². The van der Waals surface area contributed by atoms with Crippen LogP contribution in [0, 0.1) is 17.0 Å². The molecule has 0 aromatic heterocycles. The van der Waals surface area contributed by atoms with E-state index in [0.717, 1.165) is 6.07 Å². The lowest BCUT2D eigenvalue weighted by molar-refractivity contribution is -0.384. The van der Waals surface area contributed by atoms with E-state index in [2.05, 4.69) is 10.6 Å². The maximum Gasteiger partial charge on any atom is 0.339 e. The molecule has 2 aromatic carbocycles. The van der Waals surface area contributed by atoms with E-state index in [1.165, 1.54) is 26.1 Å². The Balaban J connectivity index is 2.10. The molecule has 2 rings (SSSR count). The number of anilines is 2. The molecule has 0 fully saturated rings. The van der Waals surface area contributed by atoms with Crippen LogP contribution in [0.3, 0.4) is 0 Å². The van der Waals surface area contributed by atoms with E-state index in [-0.39, 0.29) is 16.9 Å². The van der Waals surface area contributed by atoms with Crippen molar-refractivity contribution in [2.24, 2.45) is 0 Å². The molecule has 1 amide bonds. The number of rotatable bonds is 6. The highest BCUT2D eigenvalue weighted by Gasteiger charge is 2.22. The van der Waals surface area contributed by atoms with Gasteiger partial charge in [-0.05, 0) is 43.7 Å². The third-order valence-electron chi connectivity index (χ3n) is 3.88. The molecule has 2 aromatic rings. The number of nitro groups is 1. The van der Waals surface area contributed by atoms with Crippen LogP contribution in [0.5, 0.6) is 0 Å². The summed E-state index contributed by atoms with van der Waals surface area (Å²) in [6, 6.07) is 8.93. The molecule has 0 saturated heterocycles. The molecule has 0 aliphatic rings. The van der Waals surface area contributed by atoms with E-state index in [0.29, 0.717) is 16.3 Å². The van der Waals surface area contributed by atoms with Crippen molar-refractivity contribution in [1.29, 1.82) is 0 Å². The number of hydrogen-bond acceptors (Lipinski definition) is 6. The summed E-state index contributed by atoms with van der Waals surface area (Å²) in [5, 5.41) is 16.9. The molecule has 9 heteroatoms. The number of nitro benzene ring substituents is 1. The number of carbonyl (C=O) groups excluding carboxylic acids is 2. The zero-order chi connectivity index (χ0) is 20.1. The number of hydrogen-bond donors (Lipinski definition) is 2. The van der Waals surface area contributed by atoms with Crippen molar-refractivity contribution in [3.05, 3.63) is 62.7 Å². The standard InChI is InChI=1S/C18H18ClN3O5/c1-10-13(19)5-4-6-14(10)21-17(23)11(2)27-18(24)12-7-8-15(20-3)16(9-12)22(25)26/h4-9,11,20H,1-3H3,(H,21,23)/t11-/m1/s1. The molecule has 27 heavy (non-hydrogen) atoms. The molecule has 0 radical (unpaired) electrons. The lowest BCUT2D eigenvalue weighted by Crippen LogP contribution is -2.30. The van der Waals surface area contributed by atoms with E-state index in [1.807, 2.05) is 0 Å². The average molecular weight is 392 g/mol. The predicted molar refractivity (Wildman–Crippen MR) is 102 cm³/mol. The monoisotopic (exact) mass is 391 g/mol. The molecule has 1 atom stereocenters. The minimum Gasteiger partial charge on any atom is -0.449 e. The number of halogens is 1. The van der Waals surface area contributed by atoms with Crippen molar-refractivity contribution in [1.82, 2.24) is 0 Å². The Bertz CT molecular complexity index is 901. The smallest absolute Gasteiger partial charge is 0.339 e. The van der Waals surface area contributed by atoms with E-state index in [9.17, 15) is 19.7 Å². The first-order valence-corrected chi connectivity index (χ1v) is 8.35. The van der Waals surface area contributed by atoms with Gasteiger partial charge in [-0.1, -0.05) is 17.7 Å². The minimum atomic E-state index is -1.11. The zero-order valence-corrected chi connectivity index (χ0v) is 15.7. The summed E-state index contributed by atoms with van der Waals surface area (Å²) < 4.78 is 5.12. The lowest BCUT2D eigenvalue weighted by Gasteiger charge is -2.15. The molecular formula is C18H18ClN3O5. The van der Waals surface area contributed by atoms with Gasteiger partial charge in [-0.2, -0.15) is 0 Å². The molecule has 0 aliphatic heterocycles. The fourth-order valence-corrected chi connectivity index (χ4v) is 2.45. The van der Waals surface area contributed by atoms with Crippen molar-refractivity contribution in [2.45, 2.75) is 20.0 Å². The number of amides is 1. The van der Waals surface area contributed by atoms with Crippen molar-refractivity contribution in [3.63, 3.8) is 0 Å². The third-order valence-corrected chi connectivity index (χ3v) is 4.29. The summed E-state index contributed by atoms with van der Waals surface area (Å²) in [6.07, 6.45) is -1.11. The lowest BCUT2D eigenvalue weighted by atomic mass is 10.1. The zero-order valence-electron chi connectivity index (χ0n) is 14.9. The van der Waals surface area contributed by atoms with Crippen LogP contribution in [0.2, 0.25) is 5.02 Å². The second kappa shape index (κ2) is 8.50. The summed E-state index contributed by atoms with van der Waals surface area (Å²) in [6.45, 7) is 3.15. The Labute approximate surface area is 160 Å². The van der Waals surface area contributed by atoms with Crippen LogP contribution in [0.1, 0.15) is 22.8 Å². The molecule has 0 unspecified atom stereocenters. The van der Waals surface area contributed by atoms with Crippen molar-refractivity contribution in [3.8, 4) is 0 Å². The van der Waals surface area contributed by atoms with Crippen molar-refractivity contribution >= 4 is 40.5 Å². The average Bonchev–Trinajstić information content (AvgIpc) is 2.64. The number of benzene rings is 2. The molecule has 2 N–H and O–H groups in total. The topological polar surface area (TPSA) is 111 Å². The SMILES string of the molecule is CNc1ccc(C(=O)O[C@H](C)C(=O)Nc2cccc(Cl)c2C)cc1[N+](=O)[O-]. The van der Waals surface area contributed by atoms with E-state index in [1.54, 1.807) is 25.1 Å². The van der Waals surface area contributed by atoms with Crippen LogP contribution in [-0.2, 0) is 9.53 Å². The Morgan fingerprint density at radius 2 is 1.93 bits per heavy atom. The Kier molecular flexibility index (Phi) is 6.36. The Morgan fingerprint density at radius 1 is 1.22 bits per heavy atom. The summed E-state index contributed by atoms with van der Waals surface area (Å²) in [5.74, 6) is -1.39. The molecule has 8 nitrogen and oxygen atoms in total. The number of ether oxygens (including phenoxy) is 1. The predicted octanol–water partition coefficient (Wildman–Crippen LogP) is 3.78. The maximum absolute atomic E-state index is 12.3. The van der Waals surface area contributed by atoms with Gasteiger partial charge >= 0.3 is 5.97 Å². The molecule has 0 heterocycles. The van der Waals surface area contributed by atoms with Gasteiger partial charge in [-0.25, -0.2) is 4.79 Å². The van der Waals surface area contributed by atoms with E-state index >= 15 is 0 Å². The van der Waals surface area contributed by atoms with Gasteiger partial charge in [0.2, 0.25) is 0 Å². The number of nitrogens with one attached hydrogen (secondary N) is 2.